The molecule has 1 aromatic carbocycles. The minimum Gasteiger partial charge on any atom is -0.405 e. The van der Waals surface area contributed by atoms with Crippen molar-refractivity contribution in [3.05, 3.63) is 35.9 Å². The maximum Gasteiger partial charge on any atom is 0.573 e. The van der Waals surface area contributed by atoms with Crippen molar-refractivity contribution in [2.75, 3.05) is 23.3 Å². The van der Waals surface area contributed by atoms with Crippen molar-refractivity contribution in [2.24, 2.45) is 0 Å². The van der Waals surface area contributed by atoms with Crippen molar-refractivity contribution in [2.45, 2.75) is 25.6 Å². The van der Waals surface area contributed by atoms with E-state index in [0.29, 0.717) is 5.95 Å². The highest BCUT2D eigenvalue weighted by atomic mass is 19.4. The number of piperidine rings is 1. The highest BCUT2D eigenvalue weighted by Crippen LogP contribution is 2.27. The van der Waals surface area contributed by atoms with E-state index in [1.54, 1.807) is 6.07 Å². The standard InChI is InChI=1S/C17H18F3N5O2/c18-17(19,20)27-13-7-3-2-6-12(13)8-9-14(26)21-15-22-16(24-23-15)25-10-4-1-5-11-25/h2-3,6-9H,1,4-5,10-11H2,(H2,21,22,23,24,26)/b9-8+. The third-order valence-electron chi connectivity index (χ3n) is 3.91. The van der Waals surface area contributed by atoms with E-state index in [9.17, 15) is 18.0 Å². The van der Waals surface area contributed by atoms with Crippen LogP contribution in [0.5, 0.6) is 5.75 Å². The van der Waals surface area contributed by atoms with E-state index in [4.69, 9.17) is 0 Å². The van der Waals surface area contributed by atoms with Gasteiger partial charge in [-0.3, -0.25) is 10.1 Å². The summed E-state index contributed by atoms with van der Waals surface area (Å²) in [7, 11) is 0. The SMILES string of the molecule is O=C(/C=C/c1ccccc1OC(F)(F)F)Nc1nc(N2CCCCC2)n[nH]1. The molecule has 7 nitrogen and oxygen atoms in total. The number of hydrogen-bond acceptors (Lipinski definition) is 5. The Morgan fingerprint density at radius 2 is 1.96 bits per heavy atom. The van der Waals surface area contributed by atoms with Gasteiger partial charge in [0.25, 0.3) is 5.91 Å². The van der Waals surface area contributed by atoms with E-state index in [-0.39, 0.29) is 17.3 Å². The predicted octanol–water partition coefficient (Wildman–Crippen LogP) is 3.35. The van der Waals surface area contributed by atoms with Gasteiger partial charge in [-0.25, -0.2) is 5.10 Å². The quantitative estimate of drug-likeness (QED) is 0.776. The molecule has 2 aromatic rings. The van der Waals surface area contributed by atoms with Crippen LogP contribution in [0.3, 0.4) is 0 Å². The average Bonchev–Trinajstić information content (AvgIpc) is 3.09. The van der Waals surface area contributed by atoms with Crippen LogP contribution >= 0.6 is 0 Å². The molecular formula is C17H18F3N5O2. The highest BCUT2D eigenvalue weighted by molar-refractivity contribution is 6.01. The van der Waals surface area contributed by atoms with E-state index < -0.39 is 12.3 Å². The van der Waals surface area contributed by atoms with Crippen LogP contribution in [0, 0.1) is 0 Å². The molecule has 1 fully saturated rings. The summed E-state index contributed by atoms with van der Waals surface area (Å²) in [5.74, 6) is -0.262. The van der Waals surface area contributed by atoms with Crippen molar-refractivity contribution in [1.82, 2.24) is 15.2 Å². The minimum absolute atomic E-state index is 0.122. The molecule has 0 saturated carbocycles. The monoisotopic (exact) mass is 381 g/mol. The minimum atomic E-state index is -4.81. The zero-order valence-electron chi connectivity index (χ0n) is 14.3. The Hall–Kier alpha value is -3.04. The summed E-state index contributed by atoms with van der Waals surface area (Å²) in [6, 6.07) is 5.54. The van der Waals surface area contributed by atoms with Gasteiger partial charge in [0.2, 0.25) is 11.9 Å². The summed E-state index contributed by atoms with van der Waals surface area (Å²) < 4.78 is 41.2. The second-order valence-electron chi connectivity index (χ2n) is 5.94. The number of alkyl halides is 3. The van der Waals surface area contributed by atoms with E-state index in [2.05, 4.69) is 25.2 Å². The zero-order chi connectivity index (χ0) is 19.3. The maximum absolute atomic E-state index is 12.4. The van der Waals surface area contributed by atoms with Gasteiger partial charge in [-0.05, 0) is 31.4 Å². The number of anilines is 2. The molecule has 0 unspecified atom stereocenters. The number of nitrogens with zero attached hydrogens (tertiary/aromatic N) is 3. The van der Waals surface area contributed by atoms with Crippen LogP contribution in [0.4, 0.5) is 25.1 Å². The molecule has 1 saturated heterocycles. The molecule has 1 aromatic heterocycles. The molecule has 0 bridgehead atoms. The van der Waals surface area contributed by atoms with Gasteiger partial charge < -0.3 is 9.64 Å². The summed E-state index contributed by atoms with van der Waals surface area (Å²) in [6.07, 6.45) is 0.836. The number of hydrogen-bond donors (Lipinski definition) is 2. The van der Waals surface area contributed by atoms with Gasteiger partial charge in [0.15, 0.2) is 0 Å². The molecule has 0 radical (unpaired) electrons. The number of halogens is 3. The Kier molecular flexibility index (Phi) is 5.63. The van der Waals surface area contributed by atoms with Crippen molar-refractivity contribution < 1.29 is 22.7 Å². The van der Waals surface area contributed by atoms with Gasteiger partial charge in [-0.15, -0.1) is 18.3 Å². The van der Waals surface area contributed by atoms with Gasteiger partial charge in [0.05, 0.1) is 0 Å². The first-order valence-electron chi connectivity index (χ1n) is 8.42. The topological polar surface area (TPSA) is 83.1 Å². The number of H-pyrrole nitrogens is 1. The van der Waals surface area contributed by atoms with Gasteiger partial charge >= 0.3 is 6.36 Å². The number of nitrogens with one attached hydrogen (secondary N) is 2. The van der Waals surface area contributed by atoms with Gasteiger partial charge in [0, 0.05) is 24.7 Å². The molecule has 2 N–H and O–H groups in total. The average molecular weight is 381 g/mol. The largest absolute Gasteiger partial charge is 0.573 e. The molecule has 10 heteroatoms. The number of benzene rings is 1. The summed E-state index contributed by atoms with van der Waals surface area (Å²) in [6.45, 7) is 1.72. The maximum atomic E-state index is 12.4. The lowest BCUT2D eigenvalue weighted by atomic mass is 10.1. The number of carbonyl (C=O) groups excluding carboxylic acids is 1. The molecule has 1 aliphatic rings. The van der Waals surface area contributed by atoms with Crippen molar-refractivity contribution in [1.29, 1.82) is 0 Å². The van der Waals surface area contributed by atoms with E-state index >= 15 is 0 Å². The predicted molar refractivity (Wildman–Crippen MR) is 93.2 cm³/mol. The summed E-state index contributed by atoms with van der Waals surface area (Å²) in [5, 5.41) is 9.20. The van der Waals surface area contributed by atoms with Crippen LogP contribution in [-0.4, -0.2) is 40.5 Å². The number of para-hydroxylation sites is 1. The normalized spacial score (nSPS) is 15.1. The third kappa shape index (κ3) is 5.47. The molecule has 0 aliphatic carbocycles. The fourth-order valence-corrected chi connectivity index (χ4v) is 2.70. The molecule has 27 heavy (non-hydrogen) atoms. The molecule has 0 spiro atoms. The molecule has 1 amide bonds. The molecular weight excluding hydrogens is 363 g/mol. The lowest BCUT2D eigenvalue weighted by Gasteiger charge is -2.24. The lowest BCUT2D eigenvalue weighted by Crippen LogP contribution is -2.30. The second kappa shape index (κ2) is 8.11. The Morgan fingerprint density at radius 1 is 1.22 bits per heavy atom. The Balaban J connectivity index is 1.62. The first-order valence-corrected chi connectivity index (χ1v) is 8.42. The number of ether oxygens (including phenoxy) is 1. The van der Waals surface area contributed by atoms with Gasteiger partial charge in [-0.1, -0.05) is 18.2 Å². The second-order valence-corrected chi connectivity index (χ2v) is 5.94. The third-order valence-corrected chi connectivity index (χ3v) is 3.91. The Bertz CT molecular complexity index is 813. The fraction of sp³-hybridized carbons (Fsp3) is 0.353. The first kappa shape index (κ1) is 18.7. The van der Waals surface area contributed by atoms with Gasteiger partial charge in [0.1, 0.15) is 5.75 Å². The fourth-order valence-electron chi connectivity index (χ4n) is 2.70. The zero-order valence-corrected chi connectivity index (χ0v) is 14.3. The summed E-state index contributed by atoms with van der Waals surface area (Å²) in [4.78, 5) is 18.2. The number of aromatic nitrogens is 3. The molecule has 0 atom stereocenters. The number of rotatable bonds is 5. The van der Waals surface area contributed by atoms with E-state index in [0.717, 1.165) is 32.0 Å². The summed E-state index contributed by atoms with van der Waals surface area (Å²) >= 11 is 0. The van der Waals surface area contributed by atoms with Crippen LogP contribution in [0.15, 0.2) is 30.3 Å². The number of aromatic amines is 1. The van der Waals surface area contributed by atoms with E-state index in [1.807, 2.05) is 4.90 Å². The molecule has 2 heterocycles. The molecule has 144 valence electrons. The van der Waals surface area contributed by atoms with Crippen LogP contribution in [0.25, 0.3) is 6.08 Å². The summed E-state index contributed by atoms with van der Waals surface area (Å²) in [5.41, 5.74) is 0.122. The molecule has 1 aliphatic heterocycles. The number of amides is 1. The van der Waals surface area contributed by atoms with Crippen LogP contribution in [-0.2, 0) is 4.79 Å². The Labute approximate surface area is 153 Å². The van der Waals surface area contributed by atoms with Gasteiger partial charge in [-0.2, -0.15) is 4.98 Å². The smallest absolute Gasteiger partial charge is 0.405 e. The highest BCUT2D eigenvalue weighted by Gasteiger charge is 2.31. The van der Waals surface area contributed by atoms with E-state index in [1.165, 1.54) is 30.7 Å². The number of carbonyl (C=O) groups is 1. The van der Waals surface area contributed by atoms with Crippen molar-refractivity contribution >= 4 is 23.9 Å². The van der Waals surface area contributed by atoms with Crippen LogP contribution in [0.2, 0.25) is 0 Å². The van der Waals surface area contributed by atoms with Crippen molar-refractivity contribution in [3.8, 4) is 5.75 Å². The van der Waals surface area contributed by atoms with Crippen LogP contribution < -0.4 is 15.0 Å². The molecule has 3 rings (SSSR count). The first-order chi connectivity index (χ1) is 12.9. The van der Waals surface area contributed by atoms with Crippen molar-refractivity contribution in [3.63, 3.8) is 0 Å². The van der Waals surface area contributed by atoms with Crippen LogP contribution in [0.1, 0.15) is 24.8 Å². The lowest BCUT2D eigenvalue weighted by molar-refractivity contribution is -0.274. The Morgan fingerprint density at radius 3 is 2.70 bits per heavy atom.